The van der Waals surface area contributed by atoms with E-state index in [9.17, 15) is 13.2 Å². The molecule has 0 saturated heterocycles. The average Bonchev–Trinajstić information content (AvgIpc) is 2.35. The number of halogens is 3. The fourth-order valence-electron chi connectivity index (χ4n) is 1.39. The van der Waals surface area contributed by atoms with E-state index in [-0.39, 0.29) is 24.4 Å². The average molecular weight is 272 g/mol. The van der Waals surface area contributed by atoms with Crippen LogP contribution in [0, 0.1) is 16.7 Å². The Bertz CT molecular complexity index is 490. The van der Waals surface area contributed by atoms with Crippen molar-refractivity contribution < 1.29 is 18.3 Å². The second kappa shape index (κ2) is 5.49. The quantitative estimate of drug-likeness (QED) is 0.885. The topological polar surface area (TPSA) is 56.0 Å². The number of nitriles is 1. The zero-order valence-corrected chi connectivity index (χ0v) is 10.7. The van der Waals surface area contributed by atoms with Crippen LogP contribution in [-0.2, 0) is 6.18 Å². The first kappa shape index (κ1) is 15.3. The fraction of sp³-hybridized carbons (Fsp3) is 0.462. The number of alkyl halides is 3. The van der Waals surface area contributed by atoms with E-state index in [1.807, 2.05) is 0 Å². The standard InChI is InChI=1S/C13H15F3N2O/c1-12(2,8-19)7-18-11-4-3-9(6-17)5-10(11)13(14,15)16/h3-5,18-19H,7-8H2,1-2H3. The maximum absolute atomic E-state index is 12.9. The lowest BCUT2D eigenvalue weighted by atomic mass is 9.94. The van der Waals surface area contributed by atoms with Gasteiger partial charge in [0.15, 0.2) is 0 Å². The molecule has 0 aliphatic carbocycles. The Morgan fingerprint density at radius 2 is 1.95 bits per heavy atom. The van der Waals surface area contributed by atoms with Gasteiger partial charge in [-0.3, -0.25) is 0 Å². The number of nitrogens with one attached hydrogen (secondary N) is 1. The molecule has 1 aromatic rings. The van der Waals surface area contributed by atoms with Crippen molar-refractivity contribution in [2.45, 2.75) is 20.0 Å². The van der Waals surface area contributed by atoms with Gasteiger partial charge in [0.05, 0.1) is 17.2 Å². The summed E-state index contributed by atoms with van der Waals surface area (Å²) >= 11 is 0. The number of hydrogen-bond acceptors (Lipinski definition) is 3. The van der Waals surface area contributed by atoms with Gasteiger partial charge < -0.3 is 10.4 Å². The summed E-state index contributed by atoms with van der Waals surface area (Å²) in [7, 11) is 0. The molecule has 0 fully saturated rings. The number of aliphatic hydroxyl groups is 1. The first-order valence-corrected chi connectivity index (χ1v) is 5.66. The lowest BCUT2D eigenvalue weighted by Gasteiger charge is -2.24. The third kappa shape index (κ3) is 4.14. The Kier molecular flexibility index (Phi) is 4.43. The van der Waals surface area contributed by atoms with Gasteiger partial charge >= 0.3 is 6.18 Å². The fourth-order valence-corrected chi connectivity index (χ4v) is 1.39. The number of benzene rings is 1. The summed E-state index contributed by atoms with van der Waals surface area (Å²) in [5, 5.41) is 20.4. The molecule has 0 radical (unpaired) electrons. The Morgan fingerprint density at radius 3 is 2.42 bits per heavy atom. The molecule has 0 bridgehead atoms. The number of hydrogen-bond donors (Lipinski definition) is 2. The summed E-state index contributed by atoms with van der Waals surface area (Å²) in [4.78, 5) is 0. The highest BCUT2D eigenvalue weighted by molar-refractivity contribution is 5.56. The minimum atomic E-state index is -4.53. The lowest BCUT2D eigenvalue weighted by molar-refractivity contribution is -0.137. The van der Waals surface area contributed by atoms with Crippen molar-refractivity contribution in [2.24, 2.45) is 5.41 Å². The largest absolute Gasteiger partial charge is 0.418 e. The van der Waals surface area contributed by atoms with Gasteiger partial charge in [-0.1, -0.05) is 13.8 Å². The van der Waals surface area contributed by atoms with Gasteiger partial charge in [0, 0.05) is 24.3 Å². The summed E-state index contributed by atoms with van der Waals surface area (Å²) in [6.07, 6.45) is -4.53. The van der Waals surface area contributed by atoms with Crippen LogP contribution in [0.4, 0.5) is 18.9 Å². The van der Waals surface area contributed by atoms with Crippen molar-refractivity contribution in [3.63, 3.8) is 0 Å². The molecule has 1 aromatic carbocycles. The zero-order chi connectivity index (χ0) is 14.7. The van der Waals surface area contributed by atoms with Crippen LogP contribution in [0.1, 0.15) is 25.0 Å². The van der Waals surface area contributed by atoms with Crippen LogP contribution in [0.3, 0.4) is 0 Å². The molecule has 6 heteroatoms. The molecule has 0 saturated carbocycles. The van der Waals surface area contributed by atoms with Crippen molar-refractivity contribution in [3.8, 4) is 6.07 Å². The van der Waals surface area contributed by atoms with Gasteiger partial charge in [0.1, 0.15) is 0 Å². The highest BCUT2D eigenvalue weighted by Gasteiger charge is 2.34. The summed E-state index contributed by atoms with van der Waals surface area (Å²) in [6, 6.07) is 5.05. The van der Waals surface area contributed by atoms with Crippen LogP contribution < -0.4 is 5.32 Å². The number of nitrogens with zero attached hydrogens (tertiary/aromatic N) is 1. The summed E-state index contributed by atoms with van der Waals surface area (Å²) in [5.74, 6) is 0. The molecule has 0 aliphatic rings. The molecular weight excluding hydrogens is 257 g/mol. The highest BCUT2D eigenvalue weighted by atomic mass is 19.4. The minimum Gasteiger partial charge on any atom is -0.396 e. The Balaban J connectivity index is 3.05. The van der Waals surface area contributed by atoms with E-state index in [2.05, 4.69) is 5.32 Å². The predicted octanol–water partition coefficient (Wildman–Crippen LogP) is 3.01. The van der Waals surface area contributed by atoms with E-state index in [0.717, 1.165) is 6.07 Å². The molecule has 2 N–H and O–H groups in total. The maximum atomic E-state index is 12.9. The monoisotopic (exact) mass is 272 g/mol. The molecule has 104 valence electrons. The van der Waals surface area contributed by atoms with E-state index in [0.29, 0.717) is 0 Å². The van der Waals surface area contributed by atoms with E-state index in [1.54, 1.807) is 19.9 Å². The Labute approximate surface area is 109 Å². The molecule has 0 aliphatic heterocycles. The molecule has 19 heavy (non-hydrogen) atoms. The summed E-state index contributed by atoms with van der Waals surface area (Å²) in [6.45, 7) is 3.52. The van der Waals surface area contributed by atoms with Gasteiger partial charge in [-0.15, -0.1) is 0 Å². The first-order chi connectivity index (χ1) is 8.69. The third-order valence-electron chi connectivity index (χ3n) is 2.64. The van der Waals surface area contributed by atoms with E-state index in [1.165, 1.54) is 12.1 Å². The molecule has 3 nitrogen and oxygen atoms in total. The van der Waals surface area contributed by atoms with Crippen LogP contribution in [-0.4, -0.2) is 18.3 Å². The van der Waals surface area contributed by atoms with Crippen molar-refractivity contribution in [2.75, 3.05) is 18.5 Å². The predicted molar refractivity (Wildman–Crippen MR) is 65.5 cm³/mol. The molecule has 1 rings (SSSR count). The minimum absolute atomic E-state index is 0.0423. The lowest BCUT2D eigenvalue weighted by Crippen LogP contribution is -2.27. The van der Waals surface area contributed by atoms with Gasteiger partial charge in [0.25, 0.3) is 0 Å². The number of rotatable bonds is 4. The SMILES string of the molecule is CC(C)(CO)CNc1ccc(C#N)cc1C(F)(F)F. The zero-order valence-electron chi connectivity index (χ0n) is 10.7. The van der Waals surface area contributed by atoms with Crippen LogP contribution in [0.25, 0.3) is 0 Å². The third-order valence-corrected chi connectivity index (χ3v) is 2.64. The maximum Gasteiger partial charge on any atom is 0.418 e. The Morgan fingerprint density at radius 1 is 1.32 bits per heavy atom. The molecule has 0 aromatic heterocycles. The Hall–Kier alpha value is -1.74. The van der Waals surface area contributed by atoms with Crippen molar-refractivity contribution in [3.05, 3.63) is 29.3 Å². The molecular formula is C13H15F3N2O. The van der Waals surface area contributed by atoms with Crippen molar-refractivity contribution >= 4 is 5.69 Å². The second-order valence-corrected chi connectivity index (χ2v) is 5.05. The van der Waals surface area contributed by atoms with Crippen LogP contribution in [0.15, 0.2) is 18.2 Å². The molecule has 0 atom stereocenters. The summed E-state index contributed by atoms with van der Waals surface area (Å²) < 4.78 is 38.6. The van der Waals surface area contributed by atoms with E-state index in [4.69, 9.17) is 10.4 Å². The van der Waals surface area contributed by atoms with Crippen molar-refractivity contribution in [1.29, 1.82) is 5.26 Å². The molecule has 0 amide bonds. The molecule has 0 unspecified atom stereocenters. The molecule has 0 spiro atoms. The van der Waals surface area contributed by atoms with Crippen LogP contribution in [0.5, 0.6) is 0 Å². The number of anilines is 1. The van der Waals surface area contributed by atoms with E-state index >= 15 is 0 Å². The number of aliphatic hydroxyl groups excluding tert-OH is 1. The van der Waals surface area contributed by atoms with Gasteiger partial charge in [-0.05, 0) is 18.2 Å². The molecule has 0 heterocycles. The van der Waals surface area contributed by atoms with Gasteiger partial charge in [-0.2, -0.15) is 18.4 Å². The first-order valence-electron chi connectivity index (χ1n) is 5.66. The normalized spacial score (nSPS) is 12.1. The van der Waals surface area contributed by atoms with Gasteiger partial charge in [-0.25, -0.2) is 0 Å². The van der Waals surface area contributed by atoms with Gasteiger partial charge in [0.2, 0.25) is 0 Å². The second-order valence-electron chi connectivity index (χ2n) is 5.05. The van der Waals surface area contributed by atoms with Crippen LogP contribution in [0.2, 0.25) is 0 Å². The van der Waals surface area contributed by atoms with Crippen LogP contribution >= 0.6 is 0 Å². The van der Waals surface area contributed by atoms with Crippen molar-refractivity contribution in [1.82, 2.24) is 0 Å². The highest BCUT2D eigenvalue weighted by Crippen LogP contribution is 2.35. The van der Waals surface area contributed by atoms with E-state index < -0.39 is 17.2 Å². The summed E-state index contributed by atoms with van der Waals surface area (Å²) in [5.41, 5.74) is -1.54. The smallest absolute Gasteiger partial charge is 0.396 e.